The molecule has 28 heavy (non-hydrogen) atoms. The lowest BCUT2D eigenvalue weighted by molar-refractivity contribution is -0.130. The van der Waals surface area contributed by atoms with Gasteiger partial charge in [-0.25, -0.2) is 0 Å². The first-order chi connectivity index (χ1) is 13.6. The molecule has 146 valence electrons. The monoisotopic (exact) mass is 379 g/mol. The molecule has 2 atom stereocenters. The molecule has 0 saturated carbocycles. The zero-order valence-corrected chi connectivity index (χ0v) is 15.8. The Balaban J connectivity index is 1.42. The molecule has 5 heteroatoms. The number of hydrogen-bond donors (Lipinski definition) is 1. The van der Waals surface area contributed by atoms with E-state index in [4.69, 9.17) is 4.74 Å². The van der Waals surface area contributed by atoms with Crippen LogP contribution in [0.1, 0.15) is 28.8 Å². The largest absolute Gasteiger partial charge is 0.493 e. The van der Waals surface area contributed by atoms with E-state index in [0.29, 0.717) is 31.7 Å². The van der Waals surface area contributed by atoms with Crippen molar-refractivity contribution in [3.8, 4) is 5.75 Å². The smallest absolute Gasteiger partial charge is 0.223 e. The fourth-order valence-electron chi connectivity index (χ4n) is 4.40. The number of carbonyl (C=O) groups is 2. The molecular weight excluding hydrogens is 354 g/mol. The first-order valence-corrected chi connectivity index (χ1v) is 9.79. The maximum Gasteiger partial charge on any atom is 0.223 e. The van der Waals surface area contributed by atoms with Crippen molar-refractivity contribution in [3.05, 3.63) is 65.7 Å². The van der Waals surface area contributed by atoms with E-state index < -0.39 is 0 Å². The number of fused-ring (bicyclic) bond motifs is 2. The molecular formula is C23H25NO4. The number of Topliss-reactive ketones (excluding diaryl/α,β-unsaturated/α-hetero) is 1. The number of benzene rings is 2. The van der Waals surface area contributed by atoms with Crippen molar-refractivity contribution in [2.24, 2.45) is 11.3 Å². The van der Waals surface area contributed by atoms with Crippen LogP contribution in [0.4, 0.5) is 0 Å². The highest BCUT2D eigenvalue weighted by Gasteiger charge is 2.49. The highest BCUT2D eigenvalue weighted by Crippen LogP contribution is 2.43. The highest BCUT2D eigenvalue weighted by atomic mass is 16.5. The molecule has 0 radical (unpaired) electrons. The summed E-state index contributed by atoms with van der Waals surface area (Å²) in [5.41, 5.74) is 1.33. The van der Waals surface area contributed by atoms with Crippen LogP contribution >= 0.6 is 0 Å². The Morgan fingerprint density at radius 3 is 2.61 bits per heavy atom. The minimum atomic E-state index is -0.383. The zero-order valence-electron chi connectivity index (χ0n) is 15.8. The van der Waals surface area contributed by atoms with Gasteiger partial charge >= 0.3 is 0 Å². The summed E-state index contributed by atoms with van der Waals surface area (Å²) >= 11 is 0. The third-order valence-corrected chi connectivity index (χ3v) is 6.10. The summed E-state index contributed by atoms with van der Waals surface area (Å²) in [5, 5.41) is 10.2. The minimum Gasteiger partial charge on any atom is -0.493 e. The van der Waals surface area contributed by atoms with Crippen molar-refractivity contribution in [2.75, 3.05) is 26.3 Å². The van der Waals surface area contributed by atoms with E-state index in [2.05, 4.69) is 0 Å². The summed E-state index contributed by atoms with van der Waals surface area (Å²) in [6.45, 7) is 1.57. The van der Waals surface area contributed by atoms with Crippen LogP contribution in [0.2, 0.25) is 0 Å². The predicted molar refractivity (Wildman–Crippen MR) is 105 cm³/mol. The summed E-state index contributed by atoms with van der Waals surface area (Å²) in [6.07, 6.45) is 1.09. The van der Waals surface area contributed by atoms with Crippen LogP contribution in [0.3, 0.4) is 0 Å². The Kier molecular flexibility index (Phi) is 5.18. The van der Waals surface area contributed by atoms with Crippen molar-refractivity contribution < 1.29 is 19.4 Å². The summed E-state index contributed by atoms with van der Waals surface area (Å²) in [6, 6.07) is 17.0. The maximum absolute atomic E-state index is 12.8. The molecule has 0 spiro atoms. The van der Waals surface area contributed by atoms with Crippen LogP contribution in [0.5, 0.6) is 5.75 Å². The molecule has 2 aromatic rings. The average Bonchev–Trinajstić information content (AvgIpc) is 3.03. The highest BCUT2D eigenvalue weighted by molar-refractivity contribution is 5.97. The Hall–Kier alpha value is -2.66. The van der Waals surface area contributed by atoms with Crippen molar-refractivity contribution in [2.45, 2.75) is 19.3 Å². The number of ether oxygens (including phenoxy) is 1. The van der Waals surface area contributed by atoms with E-state index in [9.17, 15) is 14.7 Å². The van der Waals surface area contributed by atoms with Gasteiger partial charge in [-0.3, -0.25) is 9.59 Å². The van der Waals surface area contributed by atoms with Gasteiger partial charge in [-0.1, -0.05) is 48.5 Å². The molecule has 4 rings (SSSR count). The Morgan fingerprint density at radius 2 is 1.82 bits per heavy atom. The van der Waals surface area contributed by atoms with E-state index in [1.165, 1.54) is 0 Å². The van der Waals surface area contributed by atoms with Crippen molar-refractivity contribution in [3.63, 3.8) is 0 Å². The number of rotatable bonds is 5. The number of aliphatic hydroxyl groups excluding tert-OH is 1. The number of aliphatic hydroxyl groups is 1. The number of amides is 1. The van der Waals surface area contributed by atoms with Crippen molar-refractivity contribution in [1.82, 2.24) is 4.90 Å². The van der Waals surface area contributed by atoms with Gasteiger partial charge in [0, 0.05) is 42.8 Å². The van der Waals surface area contributed by atoms with Gasteiger partial charge in [0.25, 0.3) is 0 Å². The van der Waals surface area contributed by atoms with Crippen LogP contribution in [0.15, 0.2) is 54.6 Å². The second-order valence-electron chi connectivity index (χ2n) is 7.88. The normalized spacial score (nSPS) is 23.3. The summed E-state index contributed by atoms with van der Waals surface area (Å²) in [4.78, 5) is 26.9. The third-order valence-electron chi connectivity index (χ3n) is 6.10. The molecule has 1 saturated heterocycles. The Labute approximate surface area is 164 Å². The number of likely N-dealkylation sites (tertiary alicyclic amines) is 1. The molecule has 0 aromatic heterocycles. The first-order valence-electron chi connectivity index (χ1n) is 9.79. The van der Waals surface area contributed by atoms with Gasteiger partial charge < -0.3 is 14.7 Å². The van der Waals surface area contributed by atoms with Gasteiger partial charge in [-0.2, -0.15) is 0 Å². The molecule has 1 N–H and O–H groups in total. The molecule has 5 nitrogen and oxygen atoms in total. The molecule has 0 bridgehead atoms. The third kappa shape index (κ3) is 3.54. The SMILES string of the molecule is O=C(CCC(=O)N1C[C@H]2COc3ccccc3C[C@@]2(CO)C1)c1ccccc1. The Morgan fingerprint density at radius 1 is 1.07 bits per heavy atom. The lowest BCUT2D eigenvalue weighted by atomic mass is 9.75. The van der Waals surface area contributed by atoms with Crippen molar-refractivity contribution in [1.29, 1.82) is 0 Å². The van der Waals surface area contributed by atoms with E-state index in [1.54, 1.807) is 17.0 Å². The number of carbonyl (C=O) groups excluding carboxylic acids is 2. The van der Waals surface area contributed by atoms with Crippen LogP contribution in [0, 0.1) is 11.3 Å². The average molecular weight is 379 g/mol. The lowest BCUT2D eigenvalue weighted by Gasteiger charge is -2.30. The molecule has 0 unspecified atom stereocenters. The number of para-hydroxylation sites is 1. The predicted octanol–water partition coefficient (Wildman–Crippen LogP) is 2.72. The fraction of sp³-hybridized carbons (Fsp3) is 0.391. The van der Waals surface area contributed by atoms with Gasteiger partial charge in [-0.15, -0.1) is 0 Å². The van der Waals surface area contributed by atoms with Gasteiger partial charge in [0.05, 0.1) is 13.2 Å². The van der Waals surface area contributed by atoms with Gasteiger partial charge in [0.1, 0.15) is 5.75 Å². The minimum absolute atomic E-state index is 0.0160. The summed E-state index contributed by atoms with van der Waals surface area (Å²) < 4.78 is 5.97. The van der Waals surface area contributed by atoms with Crippen molar-refractivity contribution >= 4 is 11.7 Å². The number of nitrogens with zero attached hydrogens (tertiary/aromatic N) is 1. The van der Waals surface area contributed by atoms with E-state index in [0.717, 1.165) is 11.3 Å². The quantitative estimate of drug-likeness (QED) is 0.812. The molecule has 2 aliphatic heterocycles. The van der Waals surface area contributed by atoms with Crippen LogP contribution in [-0.2, 0) is 11.2 Å². The molecule has 2 aromatic carbocycles. The second-order valence-corrected chi connectivity index (χ2v) is 7.88. The summed E-state index contributed by atoms with van der Waals surface area (Å²) in [5.74, 6) is 0.907. The molecule has 2 heterocycles. The lowest BCUT2D eigenvalue weighted by Crippen LogP contribution is -2.38. The van der Waals surface area contributed by atoms with Crippen LogP contribution in [0.25, 0.3) is 0 Å². The first kappa shape index (κ1) is 18.7. The standard InChI is InChI=1S/C23H25NO4/c25-16-23-12-18-8-4-5-9-21(18)28-14-19(23)13-24(15-23)22(27)11-10-20(26)17-6-2-1-3-7-17/h1-9,19,25H,10-16H2/t19-,23-/m0/s1. The van der Waals surface area contributed by atoms with E-state index in [-0.39, 0.29) is 42.5 Å². The van der Waals surface area contributed by atoms with Crippen LogP contribution < -0.4 is 4.74 Å². The van der Waals surface area contributed by atoms with Crippen LogP contribution in [-0.4, -0.2) is 48.0 Å². The van der Waals surface area contributed by atoms with Gasteiger partial charge in [0.15, 0.2) is 5.78 Å². The molecule has 1 amide bonds. The fourth-order valence-corrected chi connectivity index (χ4v) is 4.40. The topological polar surface area (TPSA) is 66.8 Å². The molecule has 1 fully saturated rings. The zero-order chi connectivity index (χ0) is 19.6. The molecule has 2 aliphatic rings. The van der Waals surface area contributed by atoms with Gasteiger partial charge in [-0.05, 0) is 18.1 Å². The van der Waals surface area contributed by atoms with E-state index in [1.807, 2.05) is 42.5 Å². The van der Waals surface area contributed by atoms with Gasteiger partial charge in [0.2, 0.25) is 5.91 Å². The molecule has 0 aliphatic carbocycles. The second kappa shape index (κ2) is 7.76. The summed E-state index contributed by atoms with van der Waals surface area (Å²) in [7, 11) is 0. The van der Waals surface area contributed by atoms with E-state index >= 15 is 0 Å². The number of hydrogen-bond acceptors (Lipinski definition) is 4. The number of ketones is 1. The Bertz CT molecular complexity index is 866. The maximum atomic E-state index is 12.8.